The lowest BCUT2D eigenvalue weighted by Crippen LogP contribution is -2.40. The monoisotopic (exact) mass is 351 g/mol. The summed E-state index contributed by atoms with van der Waals surface area (Å²) in [4.78, 5) is 12.3. The van der Waals surface area contributed by atoms with Crippen LogP contribution in [0.15, 0.2) is 42.5 Å². The lowest BCUT2D eigenvalue weighted by atomic mass is 10.0. The Labute approximate surface area is 153 Å². The van der Waals surface area contributed by atoms with E-state index in [-0.39, 0.29) is 17.3 Å². The highest BCUT2D eigenvalue weighted by molar-refractivity contribution is 5.94. The Balaban J connectivity index is 1.63. The number of aryl methyl sites for hydroxylation is 1. The number of rotatable bonds is 3. The zero-order valence-corrected chi connectivity index (χ0v) is 15.1. The predicted molar refractivity (Wildman–Crippen MR) is 99.5 cm³/mol. The standard InChI is InChI=1S/C22H22FNO2/c1-16-4-8-18(20(23)14-16)9-5-17-6-10-19(11-7-17)21(25)24-15-22(2)12-3-13-26-22/h4,6-8,10-11,14H,3,12-13,15H2,1-2H3,(H,24,25). The largest absolute Gasteiger partial charge is 0.373 e. The van der Waals surface area contributed by atoms with Gasteiger partial charge in [0.1, 0.15) is 5.82 Å². The average molecular weight is 351 g/mol. The second-order valence-electron chi connectivity index (χ2n) is 6.90. The van der Waals surface area contributed by atoms with Crippen LogP contribution in [-0.2, 0) is 4.74 Å². The molecule has 26 heavy (non-hydrogen) atoms. The highest BCUT2D eigenvalue weighted by Gasteiger charge is 2.30. The van der Waals surface area contributed by atoms with E-state index in [0.29, 0.717) is 17.7 Å². The number of hydrogen-bond donors (Lipinski definition) is 1. The van der Waals surface area contributed by atoms with Crippen LogP contribution in [0, 0.1) is 24.6 Å². The van der Waals surface area contributed by atoms with Crippen molar-refractivity contribution in [1.29, 1.82) is 0 Å². The van der Waals surface area contributed by atoms with Gasteiger partial charge in [-0.1, -0.05) is 17.9 Å². The quantitative estimate of drug-likeness (QED) is 0.854. The summed E-state index contributed by atoms with van der Waals surface area (Å²) in [6.07, 6.45) is 1.98. The minimum atomic E-state index is -0.323. The fourth-order valence-corrected chi connectivity index (χ4v) is 2.91. The van der Waals surface area contributed by atoms with Crippen molar-refractivity contribution >= 4 is 5.91 Å². The van der Waals surface area contributed by atoms with Gasteiger partial charge in [-0.25, -0.2) is 4.39 Å². The number of hydrogen-bond acceptors (Lipinski definition) is 2. The van der Waals surface area contributed by atoms with E-state index in [2.05, 4.69) is 17.2 Å². The number of halogens is 1. The number of benzene rings is 2. The lowest BCUT2D eigenvalue weighted by Gasteiger charge is -2.23. The van der Waals surface area contributed by atoms with Crippen LogP contribution >= 0.6 is 0 Å². The summed E-state index contributed by atoms with van der Waals surface area (Å²) < 4.78 is 19.5. The molecule has 1 N–H and O–H groups in total. The van der Waals surface area contributed by atoms with Crippen molar-refractivity contribution in [2.75, 3.05) is 13.2 Å². The van der Waals surface area contributed by atoms with Gasteiger partial charge in [-0.15, -0.1) is 0 Å². The zero-order chi connectivity index (χ0) is 18.6. The molecule has 0 aliphatic carbocycles. The van der Waals surface area contributed by atoms with Gasteiger partial charge in [-0.05, 0) is 68.7 Å². The van der Waals surface area contributed by atoms with Crippen molar-refractivity contribution in [1.82, 2.24) is 5.32 Å². The third kappa shape index (κ3) is 4.50. The molecule has 0 spiro atoms. The van der Waals surface area contributed by atoms with E-state index < -0.39 is 0 Å². The summed E-state index contributed by atoms with van der Waals surface area (Å²) >= 11 is 0. The maximum absolute atomic E-state index is 13.8. The van der Waals surface area contributed by atoms with E-state index in [9.17, 15) is 9.18 Å². The normalized spacial score (nSPS) is 18.9. The summed E-state index contributed by atoms with van der Waals surface area (Å²) in [5, 5.41) is 2.92. The summed E-state index contributed by atoms with van der Waals surface area (Å²) in [6, 6.07) is 11.9. The third-order valence-electron chi connectivity index (χ3n) is 4.54. The van der Waals surface area contributed by atoms with Gasteiger partial charge in [0.2, 0.25) is 0 Å². The fraction of sp³-hybridized carbons (Fsp3) is 0.318. The van der Waals surface area contributed by atoms with E-state index in [1.807, 2.05) is 19.9 Å². The molecule has 4 heteroatoms. The summed E-state index contributed by atoms with van der Waals surface area (Å²) in [5.74, 6) is 5.30. The van der Waals surface area contributed by atoms with E-state index in [4.69, 9.17) is 4.74 Å². The second-order valence-corrected chi connectivity index (χ2v) is 6.90. The molecule has 0 bridgehead atoms. The molecule has 1 atom stereocenters. The highest BCUT2D eigenvalue weighted by atomic mass is 19.1. The first kappa shape index (κ1) is 18.2. The van der Waals surface area contributed by atoms with Crippen LogP contribution < -0.4 is 5.32 Å². The topological polar surface area (TPSA) is 38.3 Å². The Kier molecular flexibility index (Phi) is 5.39. The van der Waals surface area contributed by atoms with Gasteiger partial charge < -0.3 is 10.1 Å². The Bertz CT molecular complexity index is 856. The molecular weight excluding hydrogens is 329 g/mol. The Morgan fingerprint density at radius 1 is 1.23 bits per heavy atom. The molecule has 134 valence electrons. The van der Waals surface area contributed by atoms with Gasteiger partial charge in [0.25, 0.3) is 5.91 Å². The minimum absolute atomic E-state index is 0.134. The van der Waals surface area contributed by atoms with E-state index in [1.165, 1.54) is 6.07 Å². The first-order chi connectivity index (χ1) is 12.5. The number of nitrogens with one attached hydrogen (secondary N) is 1. The van der Waals surface area contributed by atoms with Gasteiger partial charge in [0.05, 0.1) is 11.2 Å². The Morgan fingerprint density at radius 3 is 2.65 bits per heavy atom. The van der Waals surface area contributed by atoms with Crippen LogP contribution in [-0.4, -0.2) is 24.7 Å². The van der Waals surface area contributed by atoms with Gasteiger partial charge >= 0.3 is 0 Å². The zero-order valence-electron chi connectivity index (χ0n) is 15.1. The summed E-state index contributed by atoms with van der Waals surface area (Å²) in [7, 11) is 0. The first-order valence-corrected chi connectivity index (χ1v) is 8.76. The molecule has 2 aromatic rings. The molecule has 1 amide bonds. The van der Waals surface area contributed by atoms with Crippen molar-refractivity contribution in [2.45, 2.75) is 32.3 Å². The van der Waals surface area contributed by atoms with Crippen LogP contribution in [0.3, 0.4) is 0 Å². The molecule has 0 aromatic heterocycles. The van der Waals surface area contributed by atoms with Crippen LogP contribution in [0.5, 0.6) is 0 Å². The Hall–Kier alpha value is -2.64. The van der Waals surface area contributed by atoms with Gasteiger partial charge in [-0.3, -0.25) is 4.79 Å². The van der Waals surface area contributed by atoms with Crippen molar-refractivity contribution in [2.24, 2.45) is 0 Å². The number of carbonyl (C=O) groups excluding carboxylic acids is 1. The molecule has 0 radical (unpaired) electrons. The van der Waals surface area contributed by atoms with E-state index >= 15 is 0 Å². The molecular formula is C22H22FNO2. The lowest BCUT2D eigenvalue weighted by molar-refractivity contribution is 0.0206. The van der Waals surface area contributed by atoms with E-state index in [1.54, 1.807) is 30.3 Å². The second kappa shape index (κ2) is 7.72. The summed E-state index contributed by atoms with van der Waals surface area (Å²) in [5.41, 5.74) is 2.26. The first-order valence-electron chi connectivity index (χ1n) is 8.76. The maximum atomic E-state index is 13.8. The predicted octanol–water partition coefficient (Wildman–Crippen LogP) is 3.83. The van der Waals surface area contributed by atoms with Crippen LogP contribution in [0.2, 0.25) is 0 Å². The van der Waals surface area contributed by atoms with Crippen molar-refractivity contribution in [3.05, 3.63) is 70.5 Å². The van der Waals surface area contributed by atoms with Crippen LogP contribution in [0.4, 0.5) is 4.39 Å². The molecule has 1 fully saturated rings. The number of ether oxygens (including phenoxy) is 1. The smallest absolute Gasteiger partial charge is 0.251 e. The Morgan fingerprint density at radius 2 is 2.00 bits per heavy atom. The van der Waals surface area contributed by atoms with Crippen molar-refractivity contribution < 1.29 is 13.9 Å². The molecule has 3 nitrogen and oxygen atoms in total. The van der Waals surface area contributed by atoms with Crippen LogP contribution in [0.25, 0.3) is 0 Å². The highest BCUT2D eigenvalue weighted by Crippen LogP contribution is 2.24. The summed E-state index contributed by atoms with van der Waals surface area (Å²) in [6.45, 7) is 5.11. The molecule has 3 rings (SSSR count). The van der Waals surface area contributed by atoms with Crippen LogP contribution in [0.1, 0.15) is 46.8 Å². The van der Waals surface area contributed by atoms with Gasteiger partial charge in [-0.2, -0.15) is 0 Å². The molecule has 0 saturated carbocycles. The SMILES string of the molecule is Cc1ccc(C#Cc2ccc(C(=O)NCC3(C)CCCO3)cc2)c(F)c1. The molecule has 1 aliphatic heterocycles. The van der Waals surface area contributed by atoms with Crippen molar-refractivity contribution in [3.8, 4) is 11.8 Å². The number of carbonyl (C=O) groups is 1. The maximum Gasteiger partial charge on any atom is 0.251 e. The third-order valence-corrected chi connectivity index (χ3v) is 4.54. The number of amides is 1. The van der Waals surface area contributed by atoms with Gasteiger partial charge in [0, 0.05) is 24.3 Å². The molecule has 1 aliphatic rings. The molecule has 1 heterocycles. The fourth-order valence-electron chi connectivity index (χ4n) is 2.91. The van der Waals surface area contributed by atoms with E-state index in [0.717, 1.165) is 30.6 Å². The van der Waals surface area contributed by atoms with Gasteiger partial charge in [0.15, 0.2) is 0 Å². The van der Waals surface area contributed by atoms with Crippen molar-refractivity contribution in [3.63, 3.8) is 0 Å². The minimum Gasteiger partial charge on any atom is -0.373 e. The molecule has 1 saturated heterocycles. The molecule has 2 aromatic carbocycles. The average Bonchev–Trinajstić information content (AvgIpc) is 3.06. The molecule has 1 unspecified atom stereocenters.